The topological polar surface area (TPSA) is 50.9 Å². The van der Waals surface area contributed by atoms with Gasteiger partial charge >= 0.3 is 0 Å². The van der Waals surface area contributed by atoms with E-state index in [0.717, 1.165) is 83.6 Å². The normalized spacial score (nSPS) is 12.5. The molecule has 0 aliphatic carbocycles. The summed E-state index contributed by atoms with van der Waals surface area (Å²) in [5.41, 5.74) is 17.0. The first-order valence-electron chi connectivity index (χ1n) is 25.2. The van der Waals surface area contributed by atoms with Gasteiger partial charge in [0.2, 0.25) is 0 Å². The van der Waals surface area contributed by atoms with E-state index >= 15 is 0 Å². The molecule has 0 unspecified atom stereocenters. The van der Waals surface area contributed by atoms with E-state index in [1.807, 2.05) is 109 Å². The predicted molar refractivity (Wildman–Crippen MR) is 289 cm³/mol. The largest absolute Gasteiger partial charge is 0.507 e. The number of hydrogen-bond acceptors (Lipinski definition) is 3. The number of phenolic OH excluding ortho intramolecular Hbond substituents is 1. The SMILES string of the molecule is [2H]C([2H])([2H])c1cc(-c2c(-c3ccccc3)cccc2C(C)(C)C)ccc1-n1c(-c2cc(C)cc(C(C)(C)C)c2O)nc2c(-c3[c-]c(-c4cc(-c5ccc(C)cc5)ccn4)cc(-c4ccccc4)c3)cccc21.[Pt]. The first-order valence-corrected chi connectivity index (χ1v) is 23.7. The summed E-state index contributed by atoms with van der Waals surface area (Å²) in [6.07, 6.45) is 1.85. The standard InChI is InChI=1S/C65H58N3O.Pt/c1-41-26-28-45(29-27-41)47-32-33-66-57(40-47)51-38-49(44-18-12-10-13-19-44)37-50(39-51)53-23-17-25-59-61(53)67-63(54-34-42(2)35-56(62(54)69)65(7,8)9)68(59)58-31-30-48(36-43(58)3)60-52(46-20-14-11-15-21-46)22-16-24-55(60)64(4,5)6;/h10-38,40,69H,1-9H3;/q-1;/i3D3;. The number of pyridine rings is 1. The molecule has 2 aromatic heterocycles. The molecule has 0 spiro atoms. The molecular weight excluding hydrogens is 1030 g/mol. The Morgan fingerprint density at radius 2 is 1.17 bits per heavy atom. The summed E-state index contributed by atoms with van der Waals surface area (Å²) in [6, 6.07) is 63.4. The Labute approximate surface area is 432 Å². The van der Waals surface area contributed by atoms with Gasteiger partial charge in [-0.2, -0.15) is 0 Å². The Morgan fingerprint density at radius 1 is 0.529 bits per heavy atom. The van der Waals surface area contributed by atoms with E-state index in [4.69, 9.17) is 9.97 Å². The van der Waals surface area contributed by atoms with E-state index in [1.165, 1.54) is 5.56 Å². The molecule has 0 radical (unpaired) electrons. The molecule has 0 atom stereocenters. The quantitative estimate of drug-likeness (QED) is 0.154. The maximum Gasteiger partial charge on any atom is 0.148 e. The molecule has 0 aliphatic rings. The number of phenols is 1. The molecule has 70 heavy (non-hydrogen) atoms. The Bertz CT molecular complexity index is 3660. The van der Waals surface area contributed by atoms with E-state index in [1.54, 1.807) is 0 Å². The average Bonchev–Trinajstić information content (AvgIpc) is 3.76. The van der Waals surface area contributed by atoms with E-state index < -0.39 is 12.3 Å². The van der Waals surface area contributed by atoms with Crippen LogP contribution in [0.3, 0.4) is 0 Å². The number of para-hydroxylation sites is 1. The van der Waals surface area contributed by atoms with Gasteiger partial charge in [0.15, 0.2) is 0 Å². The van der Waals surface area contributed by atoms with Crippen LogP contribution < -0.4 is 0 Å². The van der Waals surface area contributed by atoms with E-state index in [-0.39, 0.29) is 37.8 Å². The third kappa shape index (κ3) is 9.21. The minimum absolute atomic E-state index is 0. The van der Waals surface area contributed by atoms with Crippen molar-refractivity contribution in [3.8, 4) is 89.7 Å². The van der Waals surface area contributed by atoms with E-state index in [2.05, 4.69) is 139 Å². The molecule has 0 amide bonds. The number of fused-ring (bicyclic) bond motifs is 1. The molecule has 350 valence electrons. The maximum absolute atomic E-state index is 12.4. The number of benzene rings is 8. The van der Waals surface area contributed by atoms with Crippen molar-refractivity contribution in [2.45, 2.75) is 73.1 Å². The summed E-state index contributed by atoms with van der Waals surface area (Å²) >= 11 is 0. The fourth-order valence-electron chi connectivity index (χ4n) is 9.65. The van der Waals surface area contributed by atoms with Gasteiger partial charge in [0, 0.05) is 42.6 Å². The fraction of sp³-hybridized carbons (Fsp3) is 0.169. The number of rotatable bonds is 8. The van der Waals surface area contributed by atoms with Crippen LogP contribution in [0.25, 0.3) is 95.0 Å². The summed E-state index contributed by atoms with van der Waals surface area (Å²) in [5, 5.41) is 12.4. The zero-order chi connectivity index (χ0) is 50.7. The third-order valence-corrected chi connectivity index (χ3v) is 13.2. The summed E-state index contributed by atoms with van der Waals surface area (Å²) in [5.74, 6) is 0.527. The molecular formula is C65H58N3OPt-. The van der Waals surface area contributed by atoms with Gasteiger partial charge in [-0.1, -0.05) is 197 Å². The second kappa shape index (κ2) is 19.0. The minimum Gasteiger partial charge on any atom is -0.507 e. The monoisotopic (exact) mass is 1090 g/mol. The molecule has 4 nitrogen and oxygen atoms in total. The van der Waals surface area contributed by atoms with Gasteiger partial charge in [0.1, 0.15) is 11.6 Å². The molecule has 0 aliphatic heterocycles. The maximum atomic E-state index is 12.4. The van der Waals surface area contributed by atoms with Crippen LogP contribution in [0.15, 0.2) is 182 Å². The Kier molecular flexibility index (Phi) is 12.0. The molecule has 0 bridgehead atoms. The van der Waals surface area contributed by atoms with Crippen LogP contribution in [0, 0.1) is 26.8 Å². The van der Waals surface area contributed by atoms with Crippen molar-refractivity contribution >= 4 is 11.0 Å². The van der Waals surface area contributed by atoms with Crippen LogP contribution in [0.1, 0.15) is 73.5 Å². The van der Waals surface area contributed by atoms with Crippen LogP contribution >= 0.6 is 0 Å². The Morgan fingerprint density at radius 3 is 1.87 bits per heavy atom. The van der Waals surface area contributed by atoms with Crippen molar-refractivity contribution in [2.24, 2.45) is 0 Å². The second-order valence-electron chi connectivity index (χ2n) is 20.3. The predicted octanol–water partition coefficient (Wildman–Crippen LogP) is 17.1. The van der Waals surface area contributed by atoms with Crippen LogP contribution in [-0.4, -0.2) is 19.6 Å². The molecule has 2 heterocycles. The zero-order valence-corrected chi connectivity index (χ0v) is 43.2. The van der Waals surface area contributed by atoms with Gasteiger partial charge in [0.25, 0.3) is 0 Å². The molecule has 5 heteroatoms. The molecule has 10 rings (SSSR count). The Balaban J connectivity index is 0.00000656. The van der Waals surface area contributed by atoms with Crippen molar-refractivity contribution in [1.29, 1.82) is 0 Å². The van der Waals surface area contributed by atoms with Gasteiger partial charge < -0.3 is 5.11 Å². The van der Waals surface area contributed by atoms with Crippen LogP contribution in [0.5, 0.6) is 5.75 Å². The molecule has 0 fully saturated rings. The van der Waals surface area contributed by atoms with Crippen molar-refractivity contribution < 1.29 is 30.3 Å². The average molecular weight is 1100 g/mol. The first-order chi connectivity index (χ1) is 34.3. The van der Waals surface area contributed by atoms with Gasteiger partial charge in [-0.15, -0.1) is 23.8 Å². The van der Waals surface area contributed by atoms with Gasteiger partial charge in [-0.05, 0) is 117 Å². The first kappa shape index (κ1) is 44.1. The van der Waals surface area contributed by atoms with Crippen molar-refractivity contribution in [3.05, 3.63) is 216 Å². The summed E-state index contributed by atoms with van der Waals surface area (Å²) in [6.45, 7) is 14.4. The minimum atomic E-state index is -2.56. The summed E-state index contributed by atoms with van der Waals surface area (Å²) in [4.78, 5) is 10.4. The van der Waals surface area contributed by atoms with E-state index in [9.17, 15) is 9.22 Å². The molecule has 10 aromatic rings. The number of nitrogens with zero attached hydrogens (tertiary/aromatic N) is 3. The smallest absolute Gasteiger partial charge is 0.148 e. The summed E-state index contributed by atoms with van der Waals surface area (Å²) in [7, 11) is 0. The van der Waals surface area contributed by atoms with Crippen molar-refractivity contribution in [3.63, 3.8) is 0 Å². The molecule has 0 saturated heterocycles. The molecule has 0 saturated carbocycles. The summed E-state index contributed by atoms with van der Waals surface area (Å²) < 4.78 is 29.7. The van der Waals surface area contributed by atoms with E-state index in [0.29, 0.717) is 28.1 Å². The number of aromatic nitrogens is 3. The van der Waals surface area contributed by atoms with Gasteiger partial charge in [-0.25, -0.2) is 4.98 Å². The zero-order valence-electron chi connectivity index (χ0n) is 43.9. The fourth-order valence-corrected chi connectivity index (χ4v) is 9.65. The van der Waals surface area contributed by atoms with Gasteiger partial charge in [0.05, 0.1) is 22.3 Å². The molecule has 8 aromatic carbocycles. The number of imidazole rings is 1. The Hall–Kier alpha value is -7.13. The molecule has 1 N–H and O–H groups in total. The van der Waals surface area contributed by atoms with Crippen LogP contribution in [0.4, 0.5) is 0 Å². The number of hydrogen-bond donors (Lipinski definition) is 1. The number of aromatic hydroxyl groups is 1. The van der Waals surface area contributed by atoms with Crippen LogP contribution in [-0.2, 0) is 31.9 Å². The van der Waals surface area contributed by atoms with Crippen LogP contribution in [0.2, 0.25) is 0 Å². The number of aryl methyl sites for hydroxylation is 3. The van der Waals surface area contributed by atoms with Gasteiger partial charge in [-0.3, -0.25) is 9.55 Å². The second-order valence-corrected chi connectivity index (χ2v) is 20.3. The van der Waals surface area contributed by atoms with Crippen molar-refractivity contribution in [1.82, 2.24) is 14.5 Å². The van der Waals surface area contributed by atoms with Crippen molar-refractivity contribution in [2.75, 3.05) is 0 Å². The third-order valence-electron chi connectivity index (χ3n) is 13.2.